The number of carbonyl (C=O) groups is 2. The van der Waals surface area contributed by atoms with Crippen LogP contribution in [0.1, 0.15) is 53.5 Å². The molecule has 1 aromatic heterocycles. The van der Waals surface area contributed by atoms with Gasteiger partial charge in [0.2, 0.25) is 11.8 Å². The van der Waals surface area contributed by atoms with Crippen molar-refractivity contribution >= 4 is 17.6 Å². The van der Waals surface area contributed by atoms with Crippen molar-refractivity contribution < 1.29 is 14.3 Å². The van der Waals surface area contributed by atoms with Gasteiger partial charge in [0.15, 0.2) is 5.82 Å². The Bertz CT molecular complexity index is 991. The van der Waals surface area contributed by atoms with Crippen LogP contribution in [0.2, 0.25) is 0 Å². The van der Waals surface area contributed by atoms with Gasteiger partial charge in [0.25, 0.3) is 0 Å². The van der Waals surface area contributed by atoms with E-state index in [1.807, 2.05) is 17.9 Å². The molecule has 1 atom stereocenters. The molecule has 4 rings (SSSR count). The highest BCUT2D eigenvalue weighted by atomic mass is 16.5. The van der Waals surface area contributed by atoms with E-state index in [0.717, 1.165) is 36.9 Å². The lowest BCUT2D eigenvalue weighted by Gasteiger charge is -2.35. The van der Waals surface area contributed by atoms with Crippen LogP contribution in [0.25, 0.3) is 0 Å². The summed E-state index contributed by atoms with van der Waals surface area (Å²) < 4.78 is 5.07. The number of benzene rings is 1. The van der Waals surface area contributed by atoms with Crippen molar-refractivity contribution in [2.24, 2.45) is 0 Å². The van der Waals surface area contributed by atoms with Gasteiger partial charge in [0, 0.05) is 31.5 Å². The van der Waals surface area contributed by atoms with Crippen LogP contribution in [0.3, 0.4) is 0 Å². The normalized spacial score (nSPS) is 18.4. The number of nitrogens with zero attached hydrogens (tertiary/aromatic N) is 4. The molecule has 7 nitrogen and oxygen atoms in total. The van der Waals surface area contributed by atoms with E-state index in [1.54, 1.807) is 4.90 Å². The van der Waals surface area contributed by atoms with Gasteiger partial charge in [-0.1, -0.05) is 29.8 Å². The topological polar surface area (TPSA) is 75.6 Å². The predicted molar refractivity (Wildman–Crippen MR) is 118 cm³/mol. The summed E-state index contributed by atoms with van der Waals surface area (Å²) in [6.45, 7) is 5.33. The first-order valence-electron chi connectivity index (χ1n) is 11.0. The first kappa shape index (κ1) is 21.4. The Kier molecular flexibility index (Phi) is 6.32. The van der Waals surface area contributed by atoms with Crippen molar-refractivity contribution in [2.45, 2.75) is 52.0 Å². The van der Waals surface area contributed by atoms with Gasteiger partial charge in [-0.25, -0.2) is 9.97 Å². The number of rotatable bonds is 6. The van der Waals surface area contributed by atoms with Gasteiger partial charge in [-0.05, 0) is 45.1 Å². The Morgan fingerprint density at radius 2 is 2.06 bits per heavy atom. The molecule has 164 valence electrons. The molecule has 0 bridgehead atoms. The van der Waals surface area contributed by atoms with Crippen molar-refractivity contribution in [3.8, 4) is 0 Å². The quantitative estimate of drug-likeness (QED) is 0.716. The maximum atomic E-state index is 12.8. The molecule has 1 fully saturated rings. The van der Waals surface area contributed by atoms with E-state index in [2.05, 4.69) is 25.1 Å². The standard InChI is InChI=1S/C24H30N4O3/c1-16-7-6-8-18(13-16)10-12-28-21(29)14-19-17(2)25-23(26-24(19)28)20-9-4-5-11-27(20)22(30)15-31-3/h6-8,13,20H,4-5,9-12,14-15H2,1-3H3/t20-/m0/s1. The molecule has 2 aliphatic heterocycles. The first-order valence-corrected chi connectivity index (χ1v) is 11.0. The molecular formula is C24H30N4O3. The molecule has 2 aliphatic rings. The molecule has 0 aliphatic carbocycles. The summed E-state index contributed by atoms with van der Waals surface area (Å²) in [6.07, 6.45) is 3.93. The summed E-state index contributed by atoms with van der Waals surface area (Å²) in [5.41, 5.74) is 4.15. The van der Waals surface area contributed by atoms with Crippen LogP contribution in [0.15, 0.2) is 24.3 Å². The van der Waals surface area contributed by atoms with Crippen molar-refractivity contribution in [3.05, 3.63) is 52.5 Å². The molecule has 1 saturated heterocycles. The predicted octanol–water partition coefficient (Wildman–Crippen LogP) is 2.93. The number of aryl methyl sites for hydroxylation is 2. The largest absolute Gasteiger partial charge is 0.375 e. The average Bonchev–Trinajstić information content (AvgIpc) is 3.08. The van der Waals surface area contributed by atoms with Crippen LogP contribution < -0.4 is 4.90 Å². The number of amides is 2. The number of aromatic nitrogens is 2. The Hall–Kier alpha value is -2.80. The molecule has 0 unspecified atom stereocenters. The van der Waals surface area contributed by atoms with E-state index in [1.165, 1.54) is 18.2 Å². The number of hydrogen-bond acceptors (Lipinski definition) is 5. The van der Waals surface area contributed by atoms with Gasteiger partial charge < -0.3 is 9.64 Å². The summed E-state index contributed by atoms with van der Waals surface area (Å²) in [5, 5.41) is 0. The number of piperidine rings is 1. The van der Waals surface area contributed by atoms with E-state index in [-0.39, 0.29) is 24.5 Å². The van der Waals surface area contributed by atoms with Gasteiger partial charge >= 0.3 is 0 Å². The third kappa shape index (κ3) is 4.46. The lowest BCUT2D eigenvalue weighted by Crippen LogP contribution is -2.41. The molecule has 31 heavy (non-hydrogen) atoms. The summed E-state index contributed by atoms with van der Waals surface area (Å²) in [6, 6.07) is 8.19. The first-order chi connectivity index (χ1) is 15.0. The Balaban J connectivity index is 1.61. The second-order valence-electron chi connectivity index (χ2n) is 8.46. The minimum Gasteiger partial charge on any atom is -0.375 e. The number of hydrogen-bond donors (Lipinski definition) is 0. The van der Waals surface area contributed by atoms with Gasteiger partial charge in [-0.3, -0.25) is 14.5 Å². The van der Waals surface area contributed by atoms with Crippen LogP contribution >= 0.6 is 0 Å². The van der Waals surface area contributed by atoms with Crippen LogP contribution in [0.5, 0.6) is 0 Å². The molecule has 0 spiro atoms. The zero-order valence-corrected chi connectivity index (χ0v) is 18.6. The third-order valence-electron chi connectivity index (χ3n) is 6.19. The van der Waals surface area contributed by atoms with Crippen LogP contribution in [0.4, 0.5) is 5.82 Å². The van der Waals surface area contributed by atoms with Crippen molar-refractivity contribution in [3.63, 3.8) is 0 Å². The minimum absolute atomic E-state index is 0.0404. The Labute approximate surface area is 183 Å². The van der Waals surface area contributed by atoms with Crippen LogP contribution in [-0.2, 0) is 27.2 Å². The molecule has 0 saturated carbocycles. The molecule has 1 aromatic carbocycles. The van der Waals surface area contributed by atoms with Gasteiger partial charge in [-0.15, -0.1) is 0 Å². The van der Waals surface area contributed by atoms with E-state index in [9.17, 15) is 9.59 Å². The Morgan fingerprint density at radius 1 is 1.23 bits per heavy atom. The molecular weight excluding hydrogens is 392 g/mol. The molecule has 0 N–H and O–H groups in total. The van der Waals surface area contributed by atoms with Gasteiger partial charge in [0.1, 0.15) is 12.4 Å². The number of carbonyl (C=O) groups excluding carboxylic acids is 2. The second kappa shape index (κ2) is 9.14. The van der Waals surface area contributed by atoms with Crippen molar-refractivity contribution in [1.82, 2.24) is 14.9 Å². The molecule has 0 radical (unpaired) electrons. The van der Waals surface area contributed by atoms with Crippen LogP contribution in [-0.4, -0.2) is 53.5 Å². The van der Waals surface area contributed by atoms with Gasteiger partial charge in [-0.2, -0.15) is 0 Å². The lowest BCUT2D eigenvalue weighted by atomic mass is 10.0. The molecule has 2 aromatic rings. The van der Waals surface area contributed by atoms with Crippen LogP contribution in [0, 0.1) is 13.8 Å². The third-order valence-corrected chi connectivity index (χ3v) is 6.19. The fraction of sp³-hybridized carbons (Fsp3) is 0.500. The fourth-order valence-electron chi connectivity index (χ4n) is 4.59. The number of fused-ring (bicyclic) bond motifs is 1. The summed E-state index contributed by atoms with van der Waals surface area (Å²) >= 11 is 0. The molecule has 2 amide bonds. The maximum Gasteiger partial charge on any atom is 0.249 e. The summed E-state index contributed by atoms with van der Waals surface area (Å²) in [7, 11) is 1.53. The monoisotopic (exact) mass is 422 g/mol. The van der Waals surface area contributed by atoms with E-state index in [4.69, 9.17) is 14.7 Å². The van der Waals surface area contributed by atoms with Crippen molar-refractivity contribution in [1.29, 1.82) is 0 Å². The zero-order chi connectivity index (χ0) is 22.0. The van der Waals surface area contributed by atoms with E-state index < -0.39 is 0 Å². The van der Waals surface area contributed by atoms with E-state index >= 15 is 0 Å². The smallest absolute Gasteiger partial charge is 0.249 e. The zero-order valence-electron chi connectivity index (χ0n) is 18.6. The fourth-order valence-corrected chi connectivity index (χ4v) is 4.59. The molecule has 7 heteroatoms. The summed E-state index contributed by atoms with van der Waals surface area (Å²) in [5.74, 6) is 1.37. The number of methoxy groups -OCH3 is 1. The maximum absolute atomic E-state index is 12.8. The summed E-state index contributed by atoms with van der Waals surface area (Å²) in [4.78, 5) is 38.6. The van der Waals surface area contributed by atoms with Crippen molar-refractivity contribution in [2.75, 3.05) is 31.7 Å². The Morgan fingerprint density at radius 3 is 2.84 bits per heavy atom. The number of ether oxygens (including phenoxy) is 1. The second-order valence-corrected chi connectivity index (χ2v) is 8.46. The SMILES string of the molecule is COCC(=O)N1CCCC[C@H]1c1nc(C)c2c(n1)N(CCc1cccc(C)c1)C(=O)C2. The minimum atomic E-state index is -0.172. The number of anilines is 1. The number of likely N-dealkylation sites (tertiary alicyclic amines) is 1. The highest BCUT2D eigenvalue weighted by Gasteiger charge is 2.35. The highest BCUT2D eigenvalue weighted by Crippen LogP contribution is 2.34. The lowest BCUT2D eigenvalue weighted by molar-refractivity contribution is -0.139. The van der Waals surface area contributed by atoms with Gasteiger partial charge in [0.05, 0.1) is 12.5 Å². The average molecular weight is 423 g/mol. The molecule has 3 heterocycles. The van der Waals surface area contributed by atoms with E-state index in [0.29, 0.717) is 31.2 Å². The highest BCUT2D eigenvalue weighted by molar-refractivity contribution is 6.00.